The molecule has 1 aromatic rings. The summed E-state index contributed by atoms with van der Waals surface area (Å²) in [6, 6.07) is -0.316. The van der Waals surface area contributed by atoms with Crippen molar-refractivity contribution in [2.45, 2.75) is 6.54 Å². The van der Waals surface area contributed by atoms with Crippen LogP contribution >= 0.6 is 0 Å². The van der Waals surface area contributed by atoms with Crippen LogP contribution in [0.25, 0.3) is 0 Å². The molecule has 13 heavy (non-hydrogen) atoms. The average molecular weight is 183 g/mol. The number of carbonyl (C=O) groups is 1. The number of hydrogen-bond acceptors (Lipinski definition) is 3. The van der Waals surface area contributed by atoms with E-state index in [0.717, 1.165) is 5.56 Å². The summed E-state index contributed by atoms with van der Waals surface area (Å²) >= 11 is 0. The fourth-order valence-corrected chi connectivity index (χ4v) is 1.01. The molecule has 0 unspecified atom stereocenters. The van der Waals surface area contributed by atoms with Crippen molar-refractivity contribution in [2.75, 3.05) is 7.05 Å². The molecule has 1 heterocycles. The highest BCUT2D eigenvalue weighted by Crippen LogP contribution is 2.00. The molecule has 0 saturated heterocycles. The van der Waals surface area contributed by atoms with Crippen molar-refractivity contribution in [3.8, 4) is 0 Å². The van der Waals surface area contributed by atoms with Crippen molar-refractivity contribution in [1.29, 1.82) is 0 Å². The Balaban J connectivity index is 2.54. The molecule has 0 atom stereocenters. The number of aromatic nitrogens is 2. The van der Waals surface area contributed by atoms with Crippen LogP contribution in [0.15, 0.2) is 12.4 Å². The maximum atomic E-state index is 11.0. The van der Waals surface area contributed by atoms with Crippen LogP contribution in [0.1, 0.15) is 5.56 Å². The molecule has 6 nitrogen and oxygen atoms in total. The number of carbonyl (C=O) groups excluding carboxylic acids is 1. The van der Waals surface area contributed by atoms with Crippen LogP contribution in [-0.2, 0) is 13.6 Å². The lowest BCUT2D eigenvalue weighted by Gasteiger charge is -2.14. The predicted octanol–water partition coefficient (Wildman–Crippen LogP) is -0.565. The Labute approximate surface area is 76.3 Å². The Morgan fingerprint density at radius 3 is 3.00 bits per heavy atom. The van der Waals surface area contributed by atoms with E-state index in [9.17, 15) is 4.79 Å². The standard InChI is InChI=1S/C7H13N5O/c1-11(7(13)10-8)4-6-3-9-12(2)5-6/h3,5H,4,8H2,1-2H3,(H,10,13). The molecule has 3 N–H and O–H groups in total. The number of hydrogen-bond donors (Lipinski definition) is 2. The SMILES string of the molecule is CN(Cc1cnn(C)c1)C(=O)NN. The Morgan fingerprint density at radius 1 is 1.85 bits per heavy atom. The van der Waals surface area contributed by atoms with Gasteiger partial charge >= 0.3 is 6.03 Å². The van der Waals surface area contributed by atoms with E-state index in [0.29, 0.717) is 6.54 Å². The number of nitrogens with two attached hydrogens (primary N) is 1. The van der Waals surface area contributed by atoms with Gasteiger partial charge in [-0.25, -0.2) is 10.6 Å². The lowest BCUT2D eigenvalue weighted by atomic mass is 10.3. The Hall–Kier alpha value is -1.56. The Morgan fingerprint density at radius 2 is 2.54 bits per heavy atom. The first-order valence-corrected chi connectivity index (χ1v) is 3.82. The zero-order valence-corrected chi connectivity index (χ0v) is 7.69. The van der Waals surface area contributed by atoms with Gasteiger partial charge in [0.25, 0.3) is 0 Å². The maximum absolute atomic E-state index is 11.0. The van der Waals surface area contributed by atoms with Crippen LogP contribution in [0, 0.1) is 0 Å². The number of amides is 2. The van der Waals surface area contributed by atoms with Gasteiger partial charge in [-0.05, 0) is 0 Å². The van der Waals surface area contributed by atoms with Gasteiger partial charge in [0, 0.05) is 25.9 Å². The zero-order valence-electron chi connectivity index (χ0n) is 7.69. The summed E-state index contributed by atoms with van der Waals surface area (Å²) in [5.41, 5.74) is 3.02. The molecule has 72 valence electrons. The summed E-state index contributed by atoms with van der Waals surface area (Å²) in [5, 5.41) is 3.98. The van der Waals surface area contributed by atoms with Gasteiger partial charge in [-0.15, -0.1) is 0 Å². The first-order valence-electron chi connectivity index (χ1n) is 3.82. The fourth-order valence-electron chi connectivity index (χ4n) is 1.01. The lowest BCUT2D eigenvalue weighted by molar-refractivity contribution is 0.207. The first-order chi connectivity index (χ1) is 6.13. The van der Waals surface area contributed by atoms with E-state index in [4.69, 9.17) is 5.84 Å². The average Bonchev–Trinajstić information content (AvgIpc) is 2.49. The summed E-state index contributed by atoms with van der Waals surface area (Å²) in [5.74, 6) is 4.97. The van der Waals surface area contributed by atoms with Crippen LogP contribution < -0.4 is 11.3 Å². The van der Waals surface area contributed by atoms with Gasteiger partial charge < -0.3 is 4.90 Å². The van der Waals surface area contributed by atoms with Crippen LogP contribution in [0.4, 0.5) is 4.79 Å². The molecule has 0 saturated carbocycles. The van der Waals surface area contributed by atoms with Gasteiger partial charge in [0.1, 0.15) is 0 Å². The molecule has 1 rings (SSSR count). The van der Waals surface area contributed by atoms with Gasteiger partial charge in [0.2, 0.25) is 0 Å². The van der Waals surface area contributed by atoms with Crippen molar-refractivity contribution in [1.82, 2.24) is 20.1 Å². The quantitative estimate of drug-likeness (QED) is 0.366. The van der Waals surface area contributed by atoms with Crippen LogP contribution in [-0.4, -0.2) is 27.8 Å². The van der Waals surface area contributed by atoms with Crippen LogP contribution in [0.3, 0.4) is 0 Å². The summed E-state index contributed by atoms with van der Waals surface area (Å²) in [4.78, 5) is 12.5. The van der Waals surface area contributed by atoms with Crippen molar-refractivity contribution < 1.29 is 4.79 Å². The highest BCUT2D eigenvalue weighted by atomic mass is 16.2. The van der Waals surface area contributed by atoms with Crippen molar-refractivity contribution in [2.24, 2.45) is 12.9 Å². The summed E-state index contributed by atoms with van der Waals surface area (Å²) in [7, 11) is 3.49. The molecule has 0 fully saturated rings. The van der Waals surface area contributed by atoms with E-state index in [1.165, 1.54) is 4.90 Å². The minimum atomic E-state index is -0.316. The highest BCUT2D eigenvalue weighted by Gasteiger charge is 2.07. The van der Waals surface area contributed by atoms with E-state index in [1.54, 1.807) is 17.9 Å². The zero-order chi connectivity index (χ0) is 9.84. The Bertz CT molecular complexity index is 295. The fraction of sp³-hybridized carbons (Fsp3) is 0.429. The number of nitrogens with one attached hydrogen (secondary N) is 1. The molecule has 0 aliphatic carbocycles. The second kappa shape index (κ2) is 3.90. The molecule has 0 spiro atoms. The largest absolute Gasteiger partial charge is 0.331 e. The third-order valence-electron chi connectivity index (χ3n) is 1.65. The predicted molar refractivity (Wildman–Crippen MR) is 47.4 cm³/mol. The molecule has 0 bridgehead atoms. The second-order valence-corrected chi connectivity index (χ2v) is 2.83. The molecule has 0 aromatic carbocycles. The number of rotatable bonds is 2. The van der Waals surface area contributed by atoms with E-state index in [-0.39, 0.29) is 6.03 Å². The molecular formula is C7H13N5O. The summed E-state index contributed by atoms with van der Waals surface area (Å²) in [6.45, 7) is 0.497. The van der Waals surface area contributed by atoms with Crippen LogP contribution in [0.5, 0.6) is 0 Å². The van der Waals surface area contributed by atoms with Gasteiger partial charge in [-0.1, -0.05) is 0 Å². The molecule has 0 aliphatic rings. The minimum absolute atomic E-state index is 0.316. The normalized spacial score (nSPS) is 9.77. The van der Waals surface area contributed by atoms with E-state index >= 15 is 0 Å². The second-order valence-electron chi connectivity index (χ2n) is 2.83. The number of hydrazine groups is 1. The third-order valence-corrected chi connectivity index (χ3v) is 1.65. The number of nitrogens with zero attached hydrogens (tertiary/aromatic N) is 3. The van der Waals surface area contributed by atoms with Crippen molar-refractivity contribution in [3.05, 3.63) is 18.0 Å². The molecule has 2 amide bonds. The molecule has 6 heteroatoms. The van der Waals surface area contributed by atoms with Gasteiger partial charge in [-0.2, -0.15) is 5.10 Å². The monoisotopic (exact) mass is 183 g/mol. The Kier molecular flexibility index (Phi) is 2.86. The third kappa shape index (κ3) is 2.45. The van der Waals surface area contributed by atoms with E-state index < -0.39 is 0 Å². The number of urea groups is 1. The topological polar surface area (TPSA) is 76.2 Å². The van der Waals surface area contributed by atoms with Gasteiger partial charge in [-0.3, -0.25) is 10.1 Å². The number of aryl methyl sites for hydroxylation is 1. The van der Waals surface area contributed by atoms with E-state index in [2.05, 4.69) is 10.5 Å². The molecule has 0 aliphatic heterocycles. The lowest BCUT2D eigenvalue weighted by Crippen LogP contribution is -2.40. The minimum Gasteiger partial charge on any atom is -0.322 e. The van der Waals surface area contributed by atoms with Crippen LogP contribution in [0.2, 0.25) is 0 Å². The maximum Gasteiger partial charge on any atom is 0.331 e. The van der Waals surface area contributed by atoms with Crippen molar-refractivity contribution >= 4 is 6.03 Å². The van der Waals surface area contributed by atoms with E-state index in [1.807, 2.05) is 13.2 Å². The molecule has 0 radical (unpaired) electrons. The van der Waals surface area contributed by atoms with Gasteiger partial charge in [0.15, 0.2) is 0 Å². The molecule has 1 aromatic heterocycles. The summed E-state index contributed by atoms with van der Waals surface area (Å²) in [6.07, 6.45) is 3.56. The van der Waals surface area contributed by atoms with Crippen molar-refractivity contribution in [3.63, 3.8) is 0 Å². The summed E-state index contributed by atoms with van der Waals surface area (Å²) < 4.78 is 1.68. The first kappa shape index (κ1) is 9.53. The molecular weight excluding hydrogens is 170 g/mol. The van der Waals surface area contributed by atoms with Gasteiger partial charge in [0.05, 0.1) is 12.7 Å². The smallest absolute Gasteiger partial charge is 0.322 e. The highest BCUT2D eigenvalue weighted by molar-refractivity contribution is 5.73.